The molecule has 3 heterocycles. The summed E-state index contributed by atoms with van der Waals surface area (Å²) in [7, 11) is 0. The summed E-state index contributed by atoms with van der Waals surface area (Å²) in [6.07, 6.45) is 3.28. The van der Waals surface area contributed by atoms with Crippen molar-refractivity contribution in [2.45, 2.75) is 37.9 Å². The molecule has 36 heavy (non-hydrogen) atoms. The van der Waals surface area contributed by atoms with Gasteiger partial charge in [0.15, 0.2) is 5.60 Å². The third kappa shape index (κ3) is 4.98. The van der Waals surface area contributed by atoms with E-state index in [0.29, 0.717) is 55.2 Å². The Kier molecular flexibility index (Phi) is 6.51. The number of primary amides is 1. The highest BCUT2D eigenvalue weighted by atomic mass is 16.5. The molecule has 0 aliphatic carbocycles. The number of carbonyl (C=O) groups excluding carboxylic acids is 2. The zero-order valence-electron chi connectivity index (χ0n) is 20.2. The third-order valence-electron chi connectivity index (χ3n) is 6.81. The number of nitrogens with two attached hydrogens (primary N) is 1. The van der Waals surface area contributed by atoms with E-state index in [2.05, 4.69) is 9.97 Å². The van der Waals surface area contributed by atoms with Crippen molar-refractivity contribution >= 4 is 11.8 Å². The normalized spacial score (nSPS) is 17.4. The van der Waals surface area contributed by atoms with Crippen LogP contribution in [0.1, 0.15) is 40.2 Å². The van der Waals surface area contributed by atoms with Gasteiger partial charge in [-0.3, -0.25) is 9.59 Å². The molecule has 0 saturated carbocycles. The van der Waals surface area contributed by atoms with Crippen LogP contribution in [0.2, 0.25) is 0 Å². The Hall–Kier alpha value is -3.69. The van der Waals surface area contributed by atoms with Crippen molar-refractivity contribution in [3.63, 3.8) is 0 Å². The summed E-state index contributed by atoms with van der Waals surface area (Å²) in [4.78, 5) is 34.2. The smallest absolute Gasteiger partial charge is 0.252 e. The van der Waals surface area contributed by atoms with E-state index in [0.717, 1.165) is 5.56 Å². The predicted molar refractivity (Wildman–Crippen MR) is 132 cm³/mol. The van der Waals surface area contributed by atoms with Gasteiger partial charge in [-0.05, 0) is 30.7 Å². The van der Waals surface area contributed by atoms with Crippen LogP contribution in [0, 0.1) is 6.92 Å². The highest BCUT2D eigenvalue weighted by Gasteiger charge is 2.41. The number of aliphatic hydroxyl groups is 1. The quantitative estimate of drug-likeness (QED) is 0.466. The van der Waals surface area contributed by atoms with E-state index in [4.69, 9.17) is 15.2 Å². The lowest BCUT2D eigenvalue weighted by molar-refractivity contribution is -0.188. The van der Waals surface area contributed by atoms with Crippen LogP contribution in [-0.4, -0.2) is 64.2 Å². The summed E-state index contributed by atoms with van der Waals surface area (Å²) in [5.41, 5.74) is 8.26. The number of rotatable bonds is 7. The number of likely N-dealkylation sites (tertiary alicyclic amines) is 1. The first-order valence-corrected chi connectivity index (χ1v) is 12.1. The number of hydrogen-bond donors (Lipinski definition) is 3. The molecule has 3 aromatic rings. The first-order valence-electron chi connectivity index (χ1n) is 12.1. The van der Waals surface area contributed by atoms with E-state index < -0.39 is 11.5 Å². The molecule has 4 N–H and O–H groups in total. The van der Waals surface area contributed by atoms with Gasteiger partial charge in [0.05, 0.1) is 30.9 Å². The first-order chi connectivity index (χ1) is 17.3. The maximum atomic E-state index is 12.7. The molecule has 9 heteroatoms. The standard InChI is InChI=1S/C27H30N4O5/c1-17-2-4-18(5-3-17)12-24(32)31-10-8-20(9-11-31)36-23-7-6-19(13-21(23)25(28)33)22-14-29-26(30-22)27(34)15-35-16-27/h2-7,13-14,20,34H,8-12,15-16H2,1H3,(H2,28,33)(H,29,30). The van der Waals surface area contributed by atoms with Gasteiger partial charge in [-0.1, -0.05) is 29.8 Å². The average molecular weight is 491 g/mol. The summed E-state index contributed by atoms with van der Waals surface area (Å²) in [5, 5.41) is 10.4. The number of aromatic amines is 1. The van der Waals surface area contributed by atoms with Gasteiger partial charge in [0, 0.05) is 37.7 Å². The Balaban J connectivity index is 1.22. The van der Waals surface area contributed by atoms with Gasteiger partial charge < -0.3 is 30.2 Å². The number of carbonyl (C=O) groups is 2. The van der Waals surface area contributed by atoms with Crippen molar-refractivity contribution < 1.29 is 24.2 Å². The van der Waals surface area contributed by atoms with E-state index >= 15 is 0 Å². The minimum atomic E-state index is -1.11. The summed E-state index contributed by atoms with van der Waals surface area (Å²) >= 11 is 0. The summed E-state index contributed by atoms with van der Waals surface area (Å²) < 4.78 is 11.2. The van der Waals surface area contributed by atoms with Crippen LogP contribution < -0.4 is 10.5 Å². The number of H-pyrrole nitrogens is 1. The molecule has 0 bridgehead atoms. The van der Waals surface area contributed by atoms with Crippen molar-refractivity contribution in [1.82, 2.24) is 14.9 Å². The van der Waals surface area contributed by atoms with E-state index in [-0.39, 0.29) is 30.8 Å². The number of nitrogens with zero attached hydrogens (tertiary/aromatic N) is 2. The van der Waals surface area contributed by atoms with Crippen LogP contribution in [0.3, 0.4) is 0 Å². The molecule has 2 aliphatic heterocycles. The first kappa shape index (κ1) is 24.0. The lowest BCUT2D eigenvalue weighted by Gasteiger charge is -2.34. The fourth-order valence-corrected chi connectivity index (χ4v) is 4.52. The number of imidazole rings is 1. The van der Waals surface area contributed by atoms with Gasteiger partial charge in [-0.2, -0.15) is 0 Å². The van der Waals surface area contributed by atoms with Crippen LogP contribution in [-0.2, 0) is 21.6 Å². The maximum absolute atomic E-state index is 12.7. The number of aryl methyl sites for hydroxylation is 1. The molecular formula is C27H30N4O5. The Morgan fingerprint density at radius 2 is 1.92 bits per heavy atom. The minimum absolute atomic E-state index is 0.107. The number of nitrogens with one attached hydrogen (secondary N) is 1. The van der Waals surface area contributed by atoms with Gasteiger partial charge in [0.2, 0.25) is 5.91 Å². The van der Waals surface area contributed by atoms with E-state index in [9.17, 15) is 14.7 Å². The highest BCUT2D eigenvalue weighted by Crippen LogP contribution is 2.31. The number of aromatic nitrogens is 2. The van der Waals surface area contributed by atoms with Crippen molar-refractivity contribution in [2.24, 2.45) is 5.73 Å². The third-order valence-corrected chi connectivity index (χ3v) is 6.81. The Morgan fingerprint density at radius 3 is 2.56 bits per heavy atom. The van der Waals surface area contributed by atoms with Crippen LogP contribution in [0.4, 0.5) is 0 Å². The monoisotopic (exact) mass is 490 g/mol. The zero-order chi connectivity index (χ0) is 25.3. The molecule has 9 nitrogen and oxygen atoms in total. The number of benzene rings is 2. The number of piperidine rings is 1. The topological polar surface area (TPSA) is 131 Å². The van der Waals surface area contributed by atoms with Crippen LogP contribution in [0.25, 0.3) is 11.3 Å². The van der Waals surface area contributed by atoms with Crippen molar-refractivity contribution in [3.8, 4) is 17.0 Å². The van der Waals surface area contributed by atoms with Crippen LogP contribution in [0.15, 0.2) is 48.7 Å². The molecule has 0 spiro atoms. The predicted octanol–water partition coefficient (Wildman–Crippen LogP) is 2.31. The lowest BCUT2D eigenvalue weighted by Crippen LogP contribution is -2.47. The van der Waals surface area contributed by atoms with Gasteiger partial charge in [-0.15, -0.1) is 0 Å². The molecular weight excluding hydrogens is 460 g/mol. The molecule has 1 aromatic heterocycles. The maximum Gasteiger partial charge on any atom is 0.252 e. The second-order valence-corrected chi connectivity index (χ2v) is 9.59. The van der Waals surface area contributed by atoms with E-state index in [1.165, 1.54) is 5.56 Å². The van der Waals surface area contributed by atoms with E-state index in [1.54, 1.807) is 18.3 Å². The van der Waals surface area contributed by atoms with Crippen LogP contribution in [0.5, 0.6) is 5.75 Å². The SMILES string of the molecule is Cc1ccc(CC(=O)N2CCC(Oc3ccc(-c4c[nH]c(C5(O)COC5)n4)cc3C(N)=O)CC2)cc1. The largest absolute Gasteiger partial charge is 0.489 e. The lowest BCUT2D eigenvalue weighted by atomic mass is 10.0. The highest BCUT2D eigenvalue weighted by molar-refractivity contribution is 5.97. The minimum Gasteiger partial charge on any atom is -0.489 e. The summed E-state index contributed by atoms with van der Waals surface area (Å²) in [5.74, 6) is 0.348. The molecule has 2 aliphatic rings. The van der Waals surface area contributed by atoms with Gasteiger partial charge in [0.25, 0.3) is 5.91 Å². The molecule has 0 radical (unpaired) electrons. The van der Waals surface area contributed by atoms with Gasteiger partial charge in [0.1, 0.15) is 17.7 Å². The van der Waals surface area contributed by atoms with Crippen molar-refractivity contribution in [1.29, 1.82) is 0 Å². The number of hydrogen-bond acceptors (Lipinski definition) is 6. The number of ether oxygens (including phenoxy) is 2. The molecule has 188 valence electrons. The molecule has 5 rings (SSSR count). The molecule has 2 saturated heterocycles. The Morgan fingerprint density at radius 1 is 1.19 bits per heavy atom. The average Bonchev–Trinajstić information content (AvgIpc) is 3.35. The van der Waals surface area contributed by atoms with E-state index in [1.807, 2.05) is 42.2 Å². The second kappa shape index (κ2) is 9.75. The Bertz CT molecular complexity index is 1260. The Labute approximate surface area is 209 Å². The summed E-state index contributed by atoms with van der Waals surface area (Å²) in [6.45, 7) is 3.60. The number of amides is 2. The summed E-state index contributed by atoms with van der Waals surface area (Å²) in [6, 6.07) is 13.2. The van der Waals surface area contributed by atoms with Crippen molar-refractivity contribution in [2.75, 3.05) is 26.3 Å². The van der Waals surface area contributed by atoms with Gasteiger partial charge in [-0.25, -0.2) is 4.98 Å². The van der Waals surface area contributed by atoms with Crippen molar-refractivity contribution in [3.05, 3.63) is 71.2 Å². The molecule has 0 unspecified atom stereocenters. The fraction of sp³-hybridized carbons (Fsp3) is 0.370. The molecule has 2 aromatic carbocycles. The molecule has 2 amide bonds. The van der Waals surface area contributed by atoms with Gasteiger partial charge >= 0.3 is 0 Å². The van der Waals surface area contributed by atoms with Crippen LogP contribution >= 0.6 is 0 Å². The fourth-order valence-electron chi connectivity index (χ4n) is 4.52. The zero-order valence-corrected chi connectivity index (χ0v) is 20.2. The molecule has 2 fully saturated rings. The second-order valence-electron chi connectivity index (χ2n) is 9.59. The molecule has 0 atom stereocenters.